The van der Waals surface area contributed by atoms with E-state index >= 15 is 0 Å². The molecule has 0 saturated heterocycles. The average molecular weight is 195 g/mol. The second-order valence-electron chi connectivity index (χ2n) is 3.21. The molecular formula is C11H17NO2. The Hall–Kier alpha value is -1.06. The highest BCUT2D eigenvalue weighted by molar-refractivity contribution is 5.38. The molecule has 0 radical (unpaired) electrons. The number of nitrogens with two attached hydrogens (primary N) is 1. The highest BCUT2D eigenvalue weighted by Gasteiger charge is 2.13. The Morgan fingerprint density at radius 2 is 2.07 bits per heavy atom. The Morgan fingerprint density at radius 1 is 1.36 bits per heavy atom. The molecule has 0 aromatic heterocycles. The molecule has 1 rings (SSSR count). The third kappa shape index (κ3) is 2.25. The predicted octanol–water partition coefficient (Wildman–Crippen LogP) is 1.65. The fourth-order valence-corrected chi connectivity index (χ4v) is 1.46. The molecule has 0 heterocycles. The van der Waals surface area contributed by atoms with Crippen molar-refractivity contribution < 1.29 is 9.47 Å². The molecule has 14 heavy (non-hydrogen) atoms. The summed E-state index contributed by atoms with van der Waals surface area (Å²) in [4.78, 5) is 0. The van der Waals surface area contributed by atoms with Crippen LogP contribution in [0.4, 0.5) is 0 Å². The number of hydrogen-bond acceptors (Lipinski definition) is 3. The number of rotatable bonds is 4. The molecule has 0 aliphatic heterocycles. The van der Waals surface area contributed by atoms with Gasteiger partial charge in [0, 0.05) is 19.2 Å². The van der Waals surface area contributed by atoms with Gasteiger partial charge >= 0.3 is 0 Å². The van der Waals surface area contributed by atoms with Crippen LogP contribution < -0.4 is 10.5 Å². The largest absolute Gasteiger partial charge is 0.496 e. The van der Waals surface area contributed by atoms with Crippen LogP contribution in [0.5, 0.6) is 5.75 Å². The van der Waals surface area contributed by atoms with Gasteiger partial charge in [-0.1, -0.05) is 11.6 Å². The van der Waals surface area contributed by atoms with Crippen LogP contribution in [-0.2, 0) is 4.74 Å². The van der Waals surface area contributed by atoms with Gasteiger partial charge in [-0.25, -0.2) is 0 Å². The van der Waals surface area contributed by atoms with Crippen LogP contribution in [0.3, 0.4) is 0 Å². The van der Waals surface area contributed by atoms with Crippen molar-refractivity contribution in [2.45, 2.75) is 13.0 Å². The van der Waals surface area contributed by atoms with Gasteiger partial charge in [0.25, 0.3) is 0 Å². The summed E-state index contributed by atoms with van der Waals surface area (Å²) < 4.78 is 10.5. The zero-order chi connectivity index (χ0) is 10.6. The van der Waals surface area contributed by atoms with Gasteiger partial charge in [-0.2, -0.15) is 0 Å². The normalized spacial score (nSPS) is 12.6. The summed E-state index contributed by atoms with van der Waals surface area (Å²) in [5.74, 6) is 0.827. The van der Waals surface area contributed by atoms with Gasteiger partial charge in [-0.3, -0.25) is 0 Å². The van der Waals surface area contributed by atoms with Gasteiger partial charge in [0.1, 0.15) is 5.75 Å². The molecule has 0 saturated carbocycles. The molecule has 0 aliphatic carbocycles. The minimum Gasteiger partial charge on any atom is -0.496 e. The smallest absolute Gasteiger partial charge is 0.124 e. The summed E-state index contributed by atoms with van der Waals surface area (Å²) in [6, 6.07) is 5.98. The van der Waals surface area contributed by atoms with Crippen LogP contribution in [0.15, 0.2) is 18.2 Å². The molecule has 0 bridgehead atoms. The molecule has 0 aliphatic rings. The highest BCUT2D eigenvalue weighted by Crippen LogP contribution is 2.27. The maximum atomic E-state index is 5.61. The molecule has 3 nitrogen and oxygen atoms in total. The first-order chi connectivity index (χ1) is 6.72. The first-order valence-corrected chi connectivity index (χ1v) is 4.60. The lowest BCUT2D eigenvalue weighted by Crippen LogP contribution is -2.15. The van der Waals surface area contributed by atoms with Crippen LogP contribution in [-0.4, -0.2) is 20.8 Å². The van der Waals surface area contributed by atoms with Crippen molar-refractivity contribution in [1.29, 1.82) is 0 Å². The monoisotopic (exact) mass is 195 g/mol. The molecule has 0 amide bonds. The first-order valence-electron chi connectivity index (χ1n) is 4.60. The van der Waals surface area contributed by atoms with Crippen molar-refractivity contribution in [3.8, 4) is 5.75 Å². The van der Waals surface area contributed by atoms with Crippen molar-refractivity contribution in [2.24, 2.45) is 5.73 Å². The summed E-state index contributed by atoms with van der Waals surface area (Å²) in [5.41, 5.74) is 7.80. The van der Waals surface area contributed by atoms with Crippen molar-refractivity contribution in [1.82, 2.24) is 0 Å². The van der Waals surface area contributed by atoms with E-state index in [0.717, 1.165) is 11.3 Å². The van der Waals surface area contributed by atoms with Crippen LogP contribution in [0.2, 0.25) is 0 Å². The van der Waals surface area contributed by atoms with Crippen molar-refractivity contribution >= 4 is 0 Å². The molecule has 2 N–H and O–H groups in total. The molecule has 1 aromatic carbocycles. The van der Waals surface area contributed by atoms with Crippen molar-refractivity contribution in [2.75, 3.05) is 20.8 Å². The molecule has 78 valence electrons. The van der Waals surface area contributed by atoms with E-state index in [1.807, 2.05) is 25.1 Å². The summed E-state index contributed by atoms with van der Waals surface area (Å²) in [5, 5.41) is 0. The van der Waals surface area contributed by atoms with Crippen molar-refractivity contribution in [3.63, 3.8) is 0 Å². The maximum Gasteiger partial charge on any atom is 0.124 e. The van der Waals surface area contributed by atoms with Crippen LogP contribution in [0.25, 0.3) is 0 Å². The Bertz CT molecular complexity index is 295. The third-order valence-electron chi connectivity index (χ3n) is 2.23. The summed E-state index contributed by atoms with van der Waals surface area (Å²) >= 11 is 0. The molecule has 1 atom stereocenters. The summed E-state index contributed by atoms with van der Waals surface area (Å²) in [6.07, 6.45) is -0.0927. The predicted molar refractivity (Wildman–Crippen MR) is 56.5 cm³/mol. The summed E-state index contributed by atoms with van der Waals surface area (Å²) in [7, 11) is 3.30. The minimum atomic E-state index is -0.0927. The van der Waals surface area contributed by atoms with E-state index in [1.54, 1.807) is 14.2 Å². The van der Waals surface area contributed by atoms with Gasteiger partial charge < -0.3 is 15.2 Å². The SMILES string of the molecule is COc1ccc(C)cc1C(CN)OC. The van der Waals surface area contributed by atoms with Crippen LogP contribution >= 0.6 is 0 Å². The molecule has 1 aromatic rings. The van der Waals surface area contributed by atoms with Crippen molar-refractivity contribution in [3.05, 3.63) is 29.3 Å². The van der Waals surface area contributed by atoms with E-state index in [4.69, 9.17) is 15.2 Å². The Labute approximate surface area is 84.8 Å². The molecule has 0 fully saturated rings. The van der Waals surface area contributed by atoms with Crippen LogP contribution in [0.1, 0.15) is 17.2 Å². The Kier molecular flexibility index (Phi) is 3.92. The Balaban J connectivity index is 3.08. The van der Waals surface area contributed by atoms with Gasteiger partial charge in [0.05, 0.1) is 13.2 Å². The zero-order valence-corrected chi connectivity index (χ0v) is 8.91. The van der Waals surface area contributed by atoms with E-state index < -0.39 is 0 Å². The lowest BCUT2D eigenvalue weighted by molar-refractivity contribution is 0.108. The van der Waals surface area contributed by atoms with Gasteiger partial charge in [-0.15, -0.1) is 0 Å². The Morgan fingerprint density at radius 3 is 2.57 bits per heavy atom. The molecule has 0 spiro atoms. The lowest BCUT2D eigenvalue weighted by atomic mass is 10.1. The fraction of sp³-hybridized carbons (Fsp3) is 0.455. The second kappa shape index (κ2) is 4.98. The fourth-order valence-electron chi connectivity index (χ4n) is 1.46. The zero-order valence-electron chi connectivity index (χ0n) is 8.91. The topological polar surface area (TPSA) is 44.5 Å². The van der Waals surface area contributed by atoms with E-state index in [1.165, 1.54) is 5.56 Å². The van der Waals surface area contributed by atoms with E-state index in [2.05, 4.69) is 0 Å². The quantitative estimate of drug-likeness (QED) is 0.794. The van der Waals surface area contributed by atoms with Gasteiger partial charge in [0.2, 0.25) is 0 Å². The first kappa shape index (κ1) is 11.0. The lowest BCUT2D eigenvalue weighted by Gasteiger charge is -2.17. The number of aryl methyl sites for hydroxylation is 1. The van der Waals surface area contributed by atoms with Crippen LogP contribution in [0, 0.1) is 6.92 Å². The number of ether oxygens (including phenoxy) is 2. The third-order valence-corrected chi connectivity index (χ3v) is 2.23. The molecule has 3 heteroatoms. The second-order valence-corrected chi connectivity index (χ2v) is 3.21. The van der Waals surface area contributed by atoms with Gasteiger partial charge in [0.15, 0.2) is 0 Å². The molecular weight excluding hydrogens is 178 g/mol. The average Bonchev–Trinajstić information content (AvgIpc) is 2.20. The van der Waals surface area contributed by atoms with Gasteiger partial charge in [-0.05, 0) is 19.1 Å². The van der Waals surface area contributed by atoms with E-state index in [0.29, 0.717) is 6.54 Å². The van der Waals surface area contributed by atoms with E-state index in [9.17, 15) is 0 Å². The number of hydrogen-bond donors (Lipinski definition) is 1. The number of benzene rings is 1. The highest BCUT2D eigenvalue weighted by atomic mass is 16.5. The molecule has 1 unspecified atom stereocenters. The minimum absolute atomic E-state index is 0.0927. The standard InChI is InChI=1S/C11H17NO2/c1-8-4-5-10(13-2)9(6-8)11(7-12)14-3/h4-6,11H,7,12H2,1-3H3. The number of methoxy groups -OCH3 is 2. The summed E-state index contributed by atoms with van der Waals surface area (Å²) in [6.45, 7) is 2.49. The maximum absolute atomic E-state index is 5.61. The van der Waals surface area contributed by atoms with E-state index in [-0.39, 0.29) is 6.10 Å².